The number of nitrogens with zero attached hydrogens (tertiary/aromatic N) is 1. The molecule has 0 bridgehead atoms. The number of amides is 3. The van der Waals surface area contributed by atoms with Gasteiger partial charge in [-0.15, -0.1) is 0 Å². The molecule has 0 saturated carbocycles. The van der Waals surface area contributed by atoms with Gasteiger partial charge in [-0.2, -0.15) is 0 Å². The molecule has 3 N–H and O–H groups in total. The largest absolute Gasteiger partial charge is 0.367 e. The second-order valence-electron chi connectivity index (χ2n) is 1.94. The Labute approximate surface area is 61.5 Å². The molecule has 1 rings (SSSR count). The maximum absolute atomic E-state index is 10.7. The van der Waals surface area contributed by atoms with E-state index in [0.717, 1.165) is 6.21 Å². The van der Waals surface area contributed by atoms with Crippen LogP contribution in [0.1, 0.15) is 0 Å². The zero-order valence-electron chi connectivity index (χ0n) is 5.40. The molecule has 1 aliphatic heterocycles. The highest BCUT2D eigenvalue weighted by Gasteiger charge is 2.27. The van der Waals surface area contributed by atoms with Crippen LogP contribution < -0.4 is 11.1 Å². The summed E-state index contributed by atoms with van der Waals surface area (Å²) < 4.78 is 0. The minimum absolute atomic E-state index is 0.632. The number of aliphatic imine (C=N–C) groups is 1. The van der Waals surface area contributed by atoms with Gasteiger partial charge in [0.2, 0.25) is 6.04 Å². The quantitative estimate of drug-likeness (QED) is 0.325. The number of rotatable bonds is 1. The summed E-state index contributed by atoms with van der Waals surface area (Å²) in [4.78, 5) is 34.8. The van der Waals surface area contributed by atoms with E-state index in [-0.39, 0.29) is 0 Å². The standard InChI is InChI=1S/C5H5N3O3/c6-4(10)3-5(11)8-2(9)1-7-3/h1,3H,(H2,6,10)(H,8,9,11). The zero-order valence-corrected chi connectivity index (χ0v) is 5.40. The highest BCUT2D eigenvalue weighted by Crippen LogP contribution is 1.93. The molecular formula is C5H5N3O3. The minimum atomic E-state index is -1.26. The van der Waals surface area contributed by atoms with Crippen LogP contribution in [0, 0.1) is 0 Å². The van der Waals surface area contributed by atoms with E-state index in [0.29, 0.717) is 0 Å². The highest BCUT2D eigenvalue weighted by atomic mass is 16.2. The normalized spacial score (nSPS) is 23.1. The Morgan fingerprint density at radius 3 is 2.73 bits per heavy atom. The van der Waals surface area contributed by atoms with Crippen molar-refractivity contribution in [1.29, 1.82) is 0 Å². The van der Waals surface area contributed by atoms with E-state index >= 15 is 0 Å². The monoisotopic (exact) mass is 155 g/mol. The van der Waals surface area contributed by atoms with Crippen LogP contribution in [0.2, 0.25) is 0 Å². The van der Waals surface area contributed by atoms with E-state index < -0.39 is 23.8 Å². The second kappa shape index (κ2) is 2.49. The Balaban J connectivity index is 2.85. The lowest BCUT2D eigenvalue weighted by Gasteiger charge is -2.10. The molecule has 11 heavy (non-hydrogen) atoms. The van der Waals surface area contributed by atoms with Gasteiger partial charge in [0.25, 0.3) is 17.7 Å². The molecule has 0 aromatic carbocycles. The van der Waals surface area contributed by atoms with Crippen LogP contribution in [0.4, 0.5) is 0 Å². The topological polar surface area (TPSA) is 102 Å². The number of carbonyl (C=O) groups excluding carboxylic acids is 3. The van der Waals surface area contributed by atoms with Crippen LogP contribution in [0.15, 0.2) is 4.99 Å². The van der Waals surface area contributed by atoms with Gasteiger partial charge in [0.1, 0.15) is 0 Å². The first kappa shape index (κ1) is 7.39. The van der Waals surface area contributed by atoms with Crippen molar-refractivity contribution in [3.05, 3.63) is 0 Å². The summed E-state index contributed by atoms with van der Waals surface area (Å²) in [7, 11) is 0. The molecule has 1 aliphatic rings. The lowest BCUT2D eigenvalue weighted by Crippen LogP contribution is -2.48. The number of carbonyl (C=O) groups is 3. The molecule has 6 heteroatoms. The van der Waals surface area contributed by atoms with Gasteiger partial charge in [-0.3, -0.25) is 24.7 Å². The van der Waals surface area contributed by atoms with Crippen molar-refractivity contribution in [1.82, 2.24) is 5.32 Å². The molecule has 3 amide bonds. The zero-order chi connectivity index (χ0) is 8.43. The molecule has 1 unspecified atom stereocenters. The molecule has 1 heterocycles. The fourth-order valence-electron chi connectivity index (χ4n) is 0.635. The van der Waals surface area contributed by atoms with Gasteiger partial charge in [-0.1, -0.05) is 0 Å². The van der Waals surface area contributed by atoms with Crippen LogP contribution >= 0.6 is 0 Å². The minimum Gasteiger partial charge on any atom is -0.367 e. The van der Waals surface area contributed by atoms with Crippen molar-refractivity contribution in [3.8, 4) is 0 Å². The molecule has 0 aliphatic carbocycles. The molecule has 0 radical (unpaired) electrons. The number of nitrogens with one attached hydrogen (secondary N) is 1. The van der Waals surface area contributed by atoms with Crippen LogP contribution in [0.25, 0.3) is 0 Å². The van der Waals surface area contributed by atoms with E-state index in [1.807, 2.05) is 5.32 Å². The fraction of sp³-hybridized carbons (Fsp3) is 0.200. The Kier molecular flexibility index (Phi) is 1.67. The first-order valence-corrected chi connectivity index (χ1v) is 2.78. The van der Waals surface area contributed by atoms with Gasteiger partial charge in [0.15, 0.2) is 0 Å². The van der Waals surface area contributed by atoms with Crippen LogP contribution in [-0.4, -0.2) is 30.0 Å². The van der Waals surface area contributed by atoms with Crippen LogP contribution in [0.3, 0.4) is 0 Å². The van der Waals surface area contributed by atoms with Gasteiger partial charge < -0.3 is 5.73 Å². The number of imide groups is 1. The molecule has 1 atom stereocenters. The predicted octanol–water partition coefficient (Wildman–Crippen LogP) is -2.43. The summed E-state index contributed by atoms with van der Waals surface area (Å²) in [5.41, 5.74) is 4.78. The molecule has 0 aromatic heterocycles. The third kappa shape index (κ3) is 1.40. The van der Waals surface area contributed by atoms with E-state index in [2.05, 4.69) is 4.99 Å². The van der Waals surface area contributed by atoms with Gasteiger partial charge in [-0.05, 0) is 0 Å². The van der Waals surface area contributed by atoms with Crippen molar-refractivity contribution in [2.45, 2.75) is 6.04 Å². The van der Waals surface area contributed by atoms with Crippen molar-refractivity contribution in [2.75, 3.05) is 0 Å². The van der Waals surface area contributed by atoms with Gasteiger partial charge in [0.05, 0.1) is 6.21 Å². The summed E-state index contributed by atoms with van der Waals surface area (Å²) in [5, 5.41) is 1.88. The Morgan fingerprint density at radius 2 is 2.27 bits per heavy atom. The Bertz CT molecular complexity index is 258. The summed E-state index contributed by atoms with van der Waals surface area (Å²) >= 11 is 0. The van der Waals surface area contributed by atoms with Crippen LogP contribution in [0.5, 0.6) is 0 Å². The smallest absolute Gasteiger partial charge is 0.268 e. The van der Waals surface area contributed by atoms with Crippen LogP contribution in [-0.2, 0) is 14.4 Å². The van der Waals surface area contributed by atoms with E-state index in [4.69, 9.17) is 5.73 Å². The molecule has 0 aromatic rings. The third-order valence-corrected chi connectivity index (χ3v) is 1.11. The third-order valence-electron chi connectivity index (χ3n) is 1.11. The van der Waals surface area contributed by atoms with E-state index in [1.54, 1.807) is 0 Å². The SMILES string of the molecule is NC(=O)C1N=CC(=O)NC1=O. The lowest BCUT2D eigenvalue weighted by atomic mass is 10.2. The maximum atomic E-state index is 10.7. The van der Waals surface area contributed by atoms with Crippen molar-refractivity contribution >= 4 is 23.9 Å². The molecule has 0 fully saturated rings. The summed E-state index contributed by atoms with van der Waals surface area (Å²) in [6.07, 6.45) is 0.858. The number of nitrogens with two attached hydrogens (primary N) is 1. The van der Waals surface area contributed by atoms with Gasteiger partial charge >= 0.3 is 0 Å². The number of hydrogen-bond acceptors (Lipinski definition) is 4. The summed E-state index contributed by atoms with van der Waals surface area (Å²) in [6.45, 7) is 0. The summed E-state index contributed by atoms with van der Waals surface area (Å²) in [5.74, 6) is -2.27. The molecule has 6 nitrogen and oxygen atoms in total. The first-order valence-electron chi connectivity index (χ1n) is 2.78. The molecular weight excluding hydrogens is 150 g/mol. The lowest BCUT2D eigenvalue weighted by molar-refractivity contribution is -0.132. The van der Waals surface area contributed by atoms with E-state index in [1.165, 1.54) is 0 Å². The van der Waals surface area contributed by atoms with E-state index in [9.17, 15) is 14.4 Å². The Morgan fingerprint density at radius 1 is 1.64 bits per heavy atom. The average molecular weight is 155 g/mol. The summed E-state index contributed by atoms with van der Waals surface area (Å²) in [6, 6.07) is -1.26. The second-order valence-corrected chi connectivity index (χ2v) is 1.94. The van der Waals surface area contributed by atoms with Crippen molar-refractivity contribution < 1.29 is 14.4 Å². The van der Waals surface area contributed by atoms with Gasteiger partial charge in [0, 0.05) is 0 Å². The van der Waals surface area contributed by atoms with Crippen molar-refractivity contribution in [2.24, 2.45) is 10.7 Å². The van der Waals surface area contributed by atoms with Crippen molar-refractivity contribution in [3.63, 3.8) is 0 Å². The maximum Gasteiger partial charge on any atom is 0.268 e. The van der Waals surface area contributed by atoms with Gasteiger partial charge in [-0.25, -0.2) is 0 Å². The molecule has 58 valence electrons. The molecule has 0 saturated heterocycles. The number of primary amides is 1. The Hall–Kier alpha value is -1.72. The average Bonchev–Trinajstić information content (AvgIpc) is 1.85. The molecule has 0 spiro atoms. The highest BCUT2D eigenvalue weighted by molar-refractivity contribution is 6.34. The first-order chi connectivity index (χ1) is 5.11. The number of hydrogen-bond donors (Lipinski definition) is 2. The predicted molar refractivity (Wildman–Crippen MR) is 34.6 cm³/mol. The fourth-order valence-corrected chi connectivity index (χ4v) is 0.635.